The summed E-state index contributed by atoms with van der Waals surface area (Å²) in [6.45, 7) is 4.30. The van der Waals surface area contributed by atoms with Crippen molar-refractivity contribution in [3.8, 4) is 82.9 Å². The van der Waals surface area contributed by atoms with Crippen molar-refractivity contribution in [2.24, 2.45) is 5.92 Å². The second kappa shape index (κ2) is 18.6. The van der Waals surface area contributed by atoms with Crippen molar-refractivity contribution in [3.63, 3.8) is 0 Å². The maximum Gasteiger partial charge on any atom is 0.406 e. The number of benzene rings is 1. The van der Waals surface area contributed by atoms with Crippen molar-refractivity contribution in [1.29, 1.82) is 0 Å². The third kappa shape index (κ3) is 10.8. The predicted molar refractivity (Wildman–Crippen MR) is 180 cm³/mol. The van der Waals surface area contributed by atoms with Gasteiger partial charge in [-0.3, -0.25) is 9.48 Å². The first-order valence-corrected chi connectivity index (χ1v) is 15.2. The number of aromatic nitrogens is 2. The van der Waals surface area contributed by atoms with Gasteiger partial charge in [-0.15, -0.1) is 0 Å². The molecule has 1 N–H and O–H groups in total. The van der Waals surface area contributed by atoms with Crippen molar-refractivity contribution in [2.75, 3.05) is 20.2 Å². The van der Waals surface area contributed by atoms with E-state index in [1.807, 2.05) is 0 Å². The van der Waals surface area contributed by atoms with Crippen LogP contribution in [-0.4, -0.2) is 46.9 Å². The average molecular weight is 686 g/mol. The zero-order valence-electron chi connectivity index (χ0n) is 26.3. The van der Waals surface area contributed by atoms with Crippen LogP contribution in [0.15, 0.2) is 18.2 Å². The summed E-state index contributed by atoms with van der Waals surface area (Å²) in [5.41, 5.74) is 1.19. The van der Waals surface area contributed by atoms with Gasteiger partial charge in [0, 0.05) is 50.1 Å². The molecule has 0 bridgehead atoms. The highest BCUT2D eigenvalue weighted by Crippen LogP contribution is 2.41. The fourth-order valence-electron chi connectivity index (χ4n) is 4.70. The Morgan fingerprint density at radius 3 is 2.08 bits per heavy atom. The van der Waals surface area contributed by atoms with Gasteiger partial charge in [-0.05, 0) is 115 Å². The number of nitrogens with one attached hydrogen (secondary N) is 1. The van der Waals surface area contributed by atoms with Crippen molar-refractivity contribution < 1.29 is 23.1 Å². The Kier molecular flexibility index (Phi) is 14.3. The first-order chi connectivity index (χ1) is 23.1. The van der Waals surface area contributed by atoms with Gasteiger partial charge in [-0.2, -0.15) is 13.9 Å². The molecule has 0 spiro atoms. The number of halogens is 4. The number of nitrogens with zero attached hydrogens (tertiary/aromatic N) is 3. The van der Waals surface area contributed by atoms with Gasteiger partial charge < -0.3 is 15.0 Å². The number of amides is 2. The number of fused-ring (bicyclic) bond motifs is 3. The molecule has 0 aliphatic carbocycles. The van der Waals surface area contributed by atoms with Gasteiger partial charge >= 0.3 is 6.09 Å². The second-order valence-corrected chi connectivity index (χ2v) is 10.9. The molecule has 242 valence electrons. The number of rotatable bonds is 3. The molecule has 0 saturated carbocycles. The van der Waals surface area contributed by atoms with E-state index in [0.29, 0.717) is 34.8 Å². The summed E-state index contributed by atoms with van der Waals surface area (Å²) in [6, 6.07) is 4.58. The molecule has 3 heterocycles. The Morgan fingerprint density at radius 1 is 0.958 bits per heavy atom. The molecule has 2 aliphatic heterocycles. The van der Waals surface area contributed by atoms with Crippen molar-refractivity contribution >= 4 is 35.2 Å². The van der Waals surface area contributed by atoms with E-state index in [2.05, 4.69) is 98.0 Å². The number of carbonyl (C=O) groups is 2. The van der Waals surface area contributed by atoms with Gasteiger partial charge in [0.1, 0.15) is 5.69 Å². The lowest BCUT2D eigenvalue weighted by molar-refractivity contribution is -0.0219. The van der Waals surface area contributed by atoms with Crippen LogP contribution in [0.25, 0.3) is 0 Å². The van der Waals surface area contributed by atoms with Crippen molar-refractivity contribution in [1.82, 2.24) is 20.0 Å². The van der Waals surface area contributed by atoms with Crippen molar-refractivity contribution in [2.45, 2.75) is 52.1 Å². The number of methoxy groups -OCH3 is 1. The summed E-state index contributed by atoms with van der Waals surface area (Å²) in [5.74, 6) is 32.0. The molecule has 2 aromatic rings. The molecule has 2 aliphatic rings. The van der Waals surface area contributed by atoms with Gasteiger partial charge in [-0.1, -0.05) is 35.0 Å². The minimum Gasteiger partial charge on any atom is -0.453 e. The molecular weight excluding hydrogens is 657 g/mol. The van der Waals surface area contributed by atoms with E-state index >= 15 is 8.78 Å². The van der Waals surface area contributed by atoms with Crippen LogP contribution < -0.4 is 5.32 Å². The Hall–Kier alpha value is -5.47. The molecule has 11 heteroatoms. The number of ether oxygens (including phenoxy) is 1. The monoisotopic (exact) mass is 684 g/mol. The standard InChI is InChI=1S/C21H22Cl2F2N4O3.C16H6/c1-32-20(31)26-9-12-4-6-21(24,25)18-14-11-28(7-5-17(14)27-29(18)10-12)19(30)13-2-3-15(22)16(23)8-13;1-3-5-7-9-11-13-15-16-14-12-10-8-6-4-2/h2-3,8,12H,4-7,9-11H2,1H3,(H,26,31);1-2H3. The van der Waals surface area contributed by atoms with E-state index in [0.717, 1.165) is 0 Å². The quantitative estimate of drug-likeness (QED) is 0.446. The molecule has 4 rings (SSSR count). The predicted octanol–water partition coefficient (Wildman–Crippen LogP) is 5.30. The highest BCUT2D eigenvalue weighted by atomic mass is 35.5. The summed E-state index contributed by atoms with van der Waals surface area (Å²) in [5, 5.41) is 7.62. The van der Waals surface area contributed by atoms with Gasteiger partial charge in [0.2, 0.25) is 0 Å². The molecule has 2 amide bonds. The van der Waals surface area contributed by atoms with Crippen LogP contribution in [0.3, 0.4) is 0 Å². The summed E-state index contributed by atoms with van der Waals surface area (Å²) >= 11 is 12.0. The third-order valence-electron chi connectivity index (χ3n) is 6.86. The first-order valence-electron chi connectivity index (χ1n) is 14.5. The van der Waals surface area contributed by atoms with Gasteiger partial charge in [0.15, 0.2) is 0 Å². The molecular formula is C37H28Cl2F2N4O3. The Balaban J connectivity index is 0.000000332. The number of alkyl carbamates (subject to hydrolysis) is 1. The molecule has 0 radical (unpaired) electrons. The molecule has 0 saturated heterocycles. The Morgan fingerprint density at radius 2 is 1.54 bits per heavy atom. The molecule has 1 aromatic heterocycles. The summed E-state index contributed by atoms with van der Waals surface area (Å²) < 4.78 is 36.2. The highest BCUT2D eigenvalue weighted by molar-refractivity contribution is 6.42. The second-order valence-electron chi connectivity index (χ2n) is 10.0. The first kappa shape index (κ1) is 37.0. The smallest absolute Gasteiger partial charge is 0.406 e. The van der Waals surface area contributed by atoms with E-state index in [9.17, 15) is 9.59 Å². The van der Waals surface area contributed by atoms with E-state index < -0.39 is 12.0 Å². The van der Waals surface area contributed by atoms with Crippen molar-refractivity contribution in [3.05, 3.63) is 50.8 Å². The maximum absolute atomic E-state index is 15.2. The highest BCUT2D eigenvalue weighted by Gasteiger charge is 2.44. The summed E-state index contributed by atoms with van der Waals surface area (Å²) in [7, 11) is 1.25. The van der Waals surface area contributed by atoms with Gasteiger partial charge in [-0.25, -0.2) is 4.79 Å². The Labute approximate surface area is 289 Å². The lowest BCUT2D eigenvalue weighted by Crippen LogP contribution is -2.36. The van der Waals surface area contributed by atoms with E-state index in [1.54, 1.807) is 19.9 Å². The molecule has 7 nitrogen and oxygen atoms in total. The molecule has 0 fully saturated rings. The minimum absolute atomic E-state index is 0.0460. The van der Waals surface area contributed by atoms with Crippen LogP contribution in [0, 0.1) is 88.8 Å². The molecule has 1 atom stereocenters. The number of carbonyl (C=O) groups excluding carboxylic acids is 2. The zero-order chi connectivity index (χ0) is 34.9. The molecule has 1 unspecified atom stereocenters. The Bertz CT molecular complexity index is 1950. The average Bonchev–Trinajstić information content (AvgIpc) is 3.39. The van der Waals surface area contributed by atoms with Crippen LogP contribution in [0.5, 0.6) is 0 Å². The molecule has 1 aromatic carbocycles. The number of alkyl halides is 2. The maximum atomic E-state index is 15.2. The topological polar surface area (TPSA) is 76.5 Å². The summed E-state index contributed by atoms with van der Waals surface area (Å²) in [6.07, 6.45) is -0.360. The number of hydrogen-bond donors (Lipinski definition) is 1. The number of hydrogen-bond acceptors (Lipinski definition) is 4. The van der Waals surface area contributed by atoms with E-state index in [4.69, 9.17) is 23.2 Å². The van der Waals surface area contributed by atoms with Gasteiger partial charge in [0.25, 0.3) is 11.8 Å². The third-order valence-corrected chi connectivity index (χ3v) is 7.60. The SMILES string of the molecule is CC#CC#CC#CC#CC#CC#CC#CC.COC(=O)NCC1CCC(F)(F)c2c3c(nn2C1)CCN(C(=O)c1ccc(Cl)c(Cl)c1)C3. The summed E-state index contributed by atoms with van der Waals surface area (Å²) in [4.78, 5) is 25.9. The molecule has 48 heavy (non-hydrogen) atoms. The zero-order valence-corrected chi connectivity index (χ0v) is 27.8. The van der Waals surface area contributed by atoms with Crippen LogP contribution in [-0.2, 0) is 30.2 Å². The van der Waals surface area contributed by atoms with Crippen LogP contribution in [0.2, 0.25) is 10.0 Å². The lowest BCUT2D eigenvalue weighted by Gasteiger charge is -2.28. The fourth-order valence-corrected chi connectivity index (χ4v) is 4.99. The van der Waals surface area contributed by atoms with E-state index in [-0.39, 0.29) is 55.0 Å². The van der Waals surface area contributed by atoms with Gasteiger partial charge in [0.05, 0.1) is 22.8 Å². The van der Waals surface area contributed by atoms with E-state index in [1.165, 1.54) is 28.8 Å². The fraction of sp³-hybridized carbons (Fsp3) is 0.324. The van der Waals surface area contributed by atoms with Crippen LogP contribution in [0.1, 0.15) is 54.0 Å². The lowest BCUT2D eigenvalue weighted by atomic mass is 9.97. The van der Waals surface area contributed by atoms with Crippen LogP contribution in [0.4, 0.5) is 13.6 Å². The largest absolute Gasteiger partial charge is 0.453 e. The van der Waals surface area contributed by atoms with Crippen LogP contribution >= 0.6 is 23.2 Å². The normalized spacial score (nSPS) is 14.3. The minimum atomic E-state index is -3.09.